The van der Waals surface area contributed by atoms with Crippen LogP contribution in [0.2, 0.25) is 5.02 Å². The average molecular weight is 259 g/mol. The lowest BCUT2D eigenvalue weighted by Gasteiger charge is -2.04. The van der Waals surface area contributed by atoms with E-state index in [-0.39, 0.29) is 5.57 Å². The zero-order valence-electron chi connectivity index (χ0n) is 9.51. The van der Waals surface area contributed by atoms with Crippen LogP contribution in [0.3, 0.4) is 0 Å². The minimum absolute atomic E-state index is 0.226. The summed E-state index contributed by atoms with van der Waals surface area (Å²) in [6.45, 7) is 0. The highest BCUT2D eigenvalue weighted by atomic mass is 35.5. The van der Waals surface area contributed by atoms with Gasteiger partial charge in [0.25, 0.3) is 0 Å². The van der Waals surface area contributed by atoms with Gasteiger partial charge in [-0.3, -0.25) is 0 Å². The Morgan fingerprint density at radius 2 is 1.61 bits per heavy atom. The van der Waals surface area contributed by atoms with Gasteiger partial charge in [0.05, 0.1) is 5.57 Å². The summed E-state index contributed by atoms with van der Waals surface area (Å²) in [6.07, 6.45) is 1.58. The van der Waals surface area contributed by atoms with Gasteiger partial charge in [-0.2, -0.15) is 0 Å². The second-order valence-corrected chi connectivity index (χ2v) is 4.16. The van der Waals surface area contributed by atoms with Gasteiger partial charge in [-0.05, 0) is 23.3 Å². The van der Waals surface area contributed by atoms with E-state index >= 15 is 0 Å². The largest absolute Gasteiger partial charge is 0.478 e. The molecule has 0 bridgehead atoms. The van der Waals surface area contributed by atoms with Crippen LogP contribution >= 0.6 is 11.6 Å². The fraction of sp³-hybridized carbons (Fsp3) is 0. The molecule has 2 nitrogen and oxygen atoms in total. The number of carbonyl (C=O) groups is 1. The summed E-state index contributed by atoms with van der Waals surface area (Å²) in [5.74, 6) is -0.971. The Morgan fingerprint density at radius 3 is 2.22 bits per heavy atom. The Balaban J connectivity index is 2.50. The van der Waals surface area contributed by atoms with Crippen LogP contribution in [0.5, 0.6) is 0 Å². The van der Waals surface area contributed by atoms with E-state index in [2.05, 4.69) is 0 Å². The Hall–Kier alpha value is -2.06. The van der Waals surface area contributed by atoms with Gasteiger partial charge in [-0.1, -0.05) is 60.1 Å². The van der Waals surface area contributed by atoms with E-state index in [1.165, 1.54) is 0 Å². The number of rotatable bonds is 3. The molecule has 0 aromatic heterocycles. The summed E-state index contributed by atoms with van der Waals surface area (Å²) < 4.78 is 0. The molecule has 18 heavy (non-hydrogen) atoms. The lowest BCUT2D eigenvalue weighted by molar-refractivity contribution is -0.130. The zero-order chi connectivity index (χ0) is 13.0. The number of aliphatic carboxylic acids is 1. The van der Waals surface area contributed by atoms with Crippen molar-refractivity contribution in [1.82, 2.24) is 0 Å². The third-order valence-corrected chi connectivity index (χ3v) is 2.86. The molecular weight excluding hydrogens is 248 g/mol. The van der Waals surface area contributed by atoms with Crippen molar-refractivity contribution < 1.29 is 9.90 Å². The third-order valence-electron chi connectivity index (χ3n) is 2.52. The Bertz CT molecular complexity index is 588. The van der Waals surface area contributed by atoms with Crippen LogP contribution in [0.15, 0.2) is 54.6 Å². The lowest BCUT2D eigenvalue weighted by Crippen LogP contribution is -1.99. The van der Waals surface area contributed by atoms with Crippen molar-refractivity contribution >= 4 is 29.2 Å². The van der Waals surface area contributed by atoms with Crippen molar-refractivity contribution in [2.24, 2.45) is 0 Å². The quantitative estimate of drug-likeness (QED) is 0.668. The smallest absolute Gasteiger partial charge is 0.336 e. The summed E-state index contributed by atoms with van der Waals surface area (Å²) in [4.78, 5) is 11.3. The average Bonchev–Trinajstić information content (AvgIpc) is 2.38. The SMILES string of the molecule is O=C(O)/C(=C/c1ccccc1Cl)c1ccccc1. The van der Waals surface area contributed by atoms with E-state index in [1.807, 2.05) is 18.2 Å². The van der Waals surface area contributed by atoms with Crippen LogP contribution in [-0.2, 0) is 4.79 Å². The highest BCUT2D eigenvalue weighted by Crippen LogP contribution is 2.23. The summed E-state index contributed by atoms with van der Waals surface area (Å²) in [5, 5.41) is 9.80. The minimum Gasteiger partial charge on any atom is -0.478 e. The van der Waals surface area contributed by atoms with Crippen LogP contribution in [-0.4, -0.2) is 11.1 Å². The summed E-state index contributed by atoms with van der Waals surface area (Å²) in [6, 6.07) is 16.1. The molecule has 0 aliphatic rings. The molecule has 3 heteroatoms. The van der Waals surface area contributed by atoms with Crippen LogP contribution in [0.25, 0.3) is 11.6 Å². The van der Waals surface area contributed by atoms with Crippen LogP contribution in [0.4, 0.5) is 0 Å². The van der Waals surface area contributed by atoms with Gasteiger partial charge in [0.2, 0.25) is 0 Å². The predicted octanol–water partition coefficient (Wildman–Crippen LogP) is 3.97. The predicted molar refractivity (Wildman–Crippen MR) is 73.4 cm³/mol. The van der Waals surface area contributed by atoms with E-state index in [9.17, 15) is 9.90 Å². The van der Waals surface area contributed by atoms with E-state index in [0.29, 0.717) is 16.1 Å². The minimum atomic E-state index is -0.971. The number of hydrogen-bond donors (Lipinski definition) is 1. The summed E-state index contributed by atoms with van der Waals surface area (Å²) >= 11 is 6.02. The van der Waals surface area contributed by atoms with Crippen molar-refractivity contribution in [2.75, 3.05) is 0 Å². The molecule has 0 saturated carbocycles. The molecule has 0 aliphatic heterocycles. The molecule has 2 aromatic rings. The van der Waals surface area contributed by atoms with Crippen molar-refractivity contribution in [3.8, 4) is 0 Å². The van der Waals surface area contributed by atoms with Crippen LogP contribution < -0.4 is 0 Å². The molecular formula is C15H11ClO2. The molecule has 90 valence electrons. The maximum atomic E-state index is 11.3. The topological polar surface area (TPSA) is 37.3 Å². The highest BCUT2D eigenvalue weighted by molar-refractivity contribution is 6.33. The number of hydrogen-bond acceptors (Lipinski definition) is 1. The van der Waals surface area contributed by atoms with Gasteiger partial charge in [0.15, 0.2) is 0 Å². The van der Waals surface area contributed by atoms with E-state index in [0.717, 1.165) is 0 Å². The van der Waals surface area contributed by atoms with Crippen LogP contribution in [0, 0.1) is 0 Å². The molecule has 0 aliphatic carbocycles. The molecule has 2 aromatic carbocycles. The van der Waals surface area contributed by atoms with Gasteiger partial charge < -0.3 is 5.11 Å². The second kappa shape index (κ2) is 5.52. The Morgan fingerprint density at radius 1 is 1.00 bits per heavy atom. The number of halogens is 1. The van der Waals surface area contributed by atoms with Gasteiger partial charge in [0.1, 0.15) is 0 Å². The van der Waals surface area contributed by atoms with E-state index < -0.39 is 5.97 Å². The van der Waals surface area contributed by atoms with Gasteiger partial charge in [0, 0.05) is 5.02 Å². The van der Waals surface area contributed by atoms with Crippen molar-refractivity contribution in [3.05, 3.63) is 70.7 Å². The third kappa shape index (κ3) is 2.79. The number of carboxylic acid groups (broad SMARTS) is 1. The first kappa shape index (κ1) is 12.4. The highest BCUT2D eigenvalue weighted by Gasteiger charge is 2.10. The Kier molecular flexibility index (Phi) is 3.80. The van der Waals surface area contributed by atoms with Crippen molar-refractivity contribution in [1.29, 1.82) is 0 Å². The Labute approximate surface area is 110 Å². The molecule has 0 radical (unpaired) electrons. The fourth-order valence-electron chi connectivity index (χ4n) is 1.63. The summed E-state index contributed by atoms with van der Waals surface area (Å²) in [5.41, 5.74) is 1.58. The number of carboxylic acids is 1. The number of benzene rings is 2. The maximum absolute atomic E-state index is 11.3. The van der Waals surface area contributed by atoms with E-state index in [1.54, 1.807) is 42.5 Å². The van der Waals surface area contributed by atoms with Gasteiger partial charge >= 0.3 is 5.97 Å². The monoisotopic (exact) mass is 258 g/mol. The maximum Gasteiger partial charge on any atom is 0.336 e. The lowest BCUT2D eigenvalue weighted by atomic mass is 10.0. The van der Waals surface area contributed by atoms with Crippen LogP contribution in [0.1, 0.15) is 11.1 Å². The molecule has 0 fully saturated rings. The molecule has 0 saturated heterocycles. The second-order valence-electron chi connectivity index (χ2n) is 3.75. The molecule has 0 unspecified atom stereocenters. The molecule has 0 amide bonds. The normalized spacial score (nSPS) is 11.3. The van der Waals surface area contributed by atoms with E-state index in [4.69, 9.17) is 11.6 Å². The summed E-state index contributed by atoms with van der Waals surface area (Å²) in [7, 11) is 0. The van der Waals surface area contributed by atoms with Crippen molar-refractivity contribution in [2.45, 2.75) is 0 Å². The van der Waals surface area contributed by atoms with Gasteiger partial charge in [-0.15, -0.1) is 0 Å². The zero-order valence-corrected chi connectivity index (χ0v) is 10.3. The van der Waals surface area contributed by atoms with Crippen molar-refractivity contribution in [3.63, 3.8) is 0 Å². The molecule has 2 rings (SSSR count). The molecule has 0 spiro atoms. The molecule has 1 N–H and O–H groups in total. The fourth-order valence-corrected chi connectivity index (χ4v) is 1.82. The first-order chi connectivity index (χ1) is 8.68. The first-order valence-electron chi connectivity index (χ1n) is 5.43. The standard InChI is InChI=1S/C15H11ClO2/c16-14-9-5-4-8-12(14)10-13(15(17)18)11-6-2-1-3-7-11/h1-10H,(H,17,18)/b13-10+. The molecule has 0 atom stereocenters. The van der Waals surface area contributed by atoms with Gasteiger partial charge in [-0.25, -0.2) is 4.79 Å². The molecule has 0 heterocycles. The first-order valence-corrected chi connectivity index (χ1v) is 5.81.